The SMILES string of the molecule is O=C(N/N=C\c1cccc(Br)c1)c1cc(-c2ccc(OCc3ccccc3Cl)cc2)n[nH]1. The van der Waals surface area contributed by atoms with Crippen LogP contribution in [0.25, 0.3) is 11.3 Å². The van der Waals surface area contributed by atoms with Gasteiger partial charge in [0.25, 0.3) is 5.91 Å². The largest absolute Gasteiger partial charge is 0.489 e. The highest BCUT2D eigenvalue weighted by Gasteiger charge is 2.11. The number of ether oxygens (including phenoxy) is 1. The number of hydrogen-bond acceptors (Lipinski definition) is 4. The number of nitrogens with zero attached hydrogens (tertiary/aromatic N) is 2. The second-order valence-corrected chi connectivity index (χ2v) is 8.15. The molecule has 6 nitrogen and oxygen atoms in total. The average Bonchev–Trinajstić information content (AvgIpc) is 3.29. The van der Waals surface area contributed by atoms with E-state index in [1.165, 1.54) is 0 Å². The lowest BCUT2D eigenvalue weighted by Gasteiger charge is -2.08. The second kappa shape index (κ2) is 10.3. The summed E-state index contributed by atoms with van der Waals surface area (Å²) in [6, 6.07) is 24.3. The number of carbonyl (C=O) groups is 1. The first-order chi connectivity index (χ1) is 15.6. The van der Waals surface area contributed by atoms with E-state index < -0.39 is 0 Å². The van der Waals surface area contributed by atoms with Gasteiger partial charge in [0.2, 0.25) is 0 Å². The Morgan fingerprint density at radius 1 is 1.09 bits per heavy atom. The maximum atomic E-state index is 12.3. The molecule has 160 valence electrons. The molecule has 1 heterocycles. The molecule has 0 aliphatic carbocycles. The fourth-order valence-corrected chi connectivity index (χ4v) is 3.50. The van der Waals surface area contributed by atoms with Gasteiger partial charge in [0.1, 0.15) is 18.1 Å². The van der Waals surface area contributed by atoms with Crippen molar-refractivity contribution in [2.75, 3.05) is 0 Å². The molecule has 0 unspecified atom stereocenters. The lowest BCUT2D eigenvalue weighted by Crippen LogP contribution is -2.17. The van der Waals surface area contributed by atoms with Crippen LogP contribution in [-0.2, 0) is 6.61 Å². The van der Waals surface area contributed by atoms with Gasteiger partial charge < -0.3 is 4.74 Å². The molecule has 32 heavy (non-hydrogen) atoms. The van der Waals surface area contributed by atoms with E-state index in [9.17, 15) is 4.79 Å². The molecule has 0 atom stereocenters. The van der Waals surface area contributed by atoms with Crippen molar-refractivity contribution in [3.63, 3.8) is 0 Å². The van der Waals surface area contributed by atoms with E-state index in [2.05, 4.69) is 36.7 Å². The van der Waals surface area contributed by atoms with Crippen molar-refractivity contribution in [3.8, 4) is 17.0 Å². The number of carbonyl (C=O) groups excluding carboxylic acids is 1. The molecule has 0 bridgehead atoms. The molecule has 8 heteroatoms. The maximum Gasteiger partial charge on any atom is 0.289 e. The molecule has 0 spiro atoms. The minimum atomic E-state index is -0.380. The normalized spacial score (nSPS) is 10.9. The van der Waals surface area contributed by atoms with E-state index in [0.29, 0.717) is 28.8 Å². The van der Waals surface area contributed by atoms with Crippen LogP contribution in [0.2, 0.25) is 5.02 Å². The van der Waals surface area contributed by atoms with E-state index in [4.69, 9.17) is 16.3 Å². The molecule has 0 saturated heterocycles. The van der Waals surface area contributed by atoms with Crippen LogP contribution in [0.3, 0.4) is 0 Å². The highest BCUT2D eigenvalue weighted by atomic mass is 79.9. The van der Waals surface area contributed by atoms with Gasteiger partial charge in [0, 0.05) is 20.6 Å². The number of hydrazone groups is 1. The first-order valence-corrected chi connectivity index (χ1v) is 10.9. The van der Waals surface area contributed by atoms with Crippen LogP contribution in [0, 0.1) is 0 Å². The number of aromatic nitrogens is 2. The summed E-state index contributed by atoms with van der Waals surface area (Å²) in [7, 11) is 0. The Balaban J connectivity index is 1.35. The summed E-state index contributed by atoms with van der Waals surface area (Å²) in [5, 5.41) is 11.6. The molecule has 0 fully saturated rings. The van der Waals surface area contributed by atoms with Crippen molar-refractivity contribution >= 4 is 39.7 Å². The summed E-state index contributed by atoms with van der Waals surface area (Å²) in [6.07, 6.45) is 1.57. The van der Waals surface area contributed by atoms with Crippen LogP contribution in [0.5, 0.6) is 5.75 Å². The number of amides is 1. The molecule has 0 saturated carbocycles. The van der Waals surface area contributed by atoms with Gasteiger partial charge in [-0.1, -0.05) is 57.9 Å². The number of hydrogen-bond donors (Lipinski definition) is 2. The summed E-state index contributed by atoms with van der Waals surface area (Å²) in [5.41, 5.74) is 6.08. The van der Waals surface area contributed by atoms with Crippen molar-refractivity contribution < 1.29 is 9.53 Å². The third kappa shape index (κ3) is 5.63. The smallest absolute Gasteiger partial charge is 0.289 e. The summed E-state index contributed by atoms with van der Waals surface area (Å²) < 4.78 is 6.74. The molecule has 4 aromatic rings. The molecule has 0 aliphatic heterocycles. The maximum absolute atomic E-state index is 12.3. The lowest BCUT2D eigenvalue weighted by atomic mass is 10.1. The third-order valence-electron chi connectivity index (χ3n) is 4.55. The van der Waals surface area contributed by atoms with Gasteiger partial charge >= 0.3 is 0 Å². The van der Waals surface area contributed by atoms with Crippen molar-refractivity contribution in [2.45, 2.75) is 6.61 Å². The predicted molar refractivity (Wildman–Crippen MR) is 129 cm³/mol. The zero-order valence-electron chi connectivity index (χ0n) is 16.8. The van der Waals surface area contributed by atoms with Crippen LogP contribution in [0.4, 0.5) is 0 Å². The van der Waals surface area contributed by atoms with E-state index >= 15 is 0 Å². The van der Waals surface area contributed by atoms with Crippen LogP contribution < -0.4 is 10.2 Å². The van der Waals surface area contributed by atoms with Gasteiger partial charge in [-0.15, -0.1) is 0 Å². The van der Waals surface area contributed by atoms with E-state index in [0.717, 1.165) is 21.2 Å². The Kier molecular flexibility index (Phi) is 6.99. The molecule has 2 N–H and O–H groups in total. The predicted octanol–water partition coefficient (Wildman–Crippen LogP) is 5.84. The van der Waals surface area contributed by atoms with Crippen LogP contribution in [0.15, 0.2) is 88.4 Å². The topological polar surface area (TPSA) is 79.4 Å². The quantitative estimate of drug-likeness (QED) is 0.243. The van der Waals surface area contributed by atoms with Crippen molar-refractivity contribution in [1.29, 1.82) is 0 Å². The number of H-pyrrole nitrogens is 1. The van der Waals surface area contributed by atoms with E-state index in [-0.39, 0.29) is 5.91 Å². The van der Waals surface area contributed by atoms with Gasteiger partial charge in [0.05, 0.1) is 11.9 Å². The van der Waals surface area contributed by atoms with Gasteiger partial charge in [-0.05, 0) is 54.1 Å². The fourth-order valence-electron chi connectivity index (χ4n) is 2.90. The van der Waals surface area contributed by atoms with Crippen molar-refractivity contribution in [3.05, 3.63) is 105 Å². The molecule has 1 aromatic heterocycles. The van der Waals surface area contributed by atoms with Gasteiger partial charge in [-0.2, -0.15) is 10.2 Å². The highest BCUT2D eigenvalue weighted by Crippen LogP contribution is 2.23. The number of rotatable bonds is 7. The van der Waals surface area contributed by atoms with Gasteiger partial charge in [0.15, 0.2) is 0 Å². The van der Waals surface area contributed by atoms with E-state index in [1.54, 1.807) is 12.3 Å². The first-order valence-electron chi connectivity index (χ1n) is 9.69. The first kappa shape index (κ1) is 21.8. The zero-order valence-corrected chi connectivity index (χ0v) is 19.1. The van der Waals surface area contributed by atoms with E-state index in [1.807, 2.05) is 72.8 Å². The molecule has 1 amide bonds. The standard InChI is InChI=1S/C24H18BrClN4O2/c25-19-6-3-4-16(12-19)14-27-30-24(31)23-13-22(28-29-23)17-8-10-20(11-9-17)32-15-18-5-1-2-7-21(18)26/h1-14H,15H2,(H,28,29)(H,30,31)/b27-14-. The minimum absolute atomic E-state index is 0.311. The van der Waals surface area contributed by atoms with Crippen molar-refractivity contribution in [2.24, 2.45) is 5.10 Å². The molecular weight excluding hydrogens is 492 g/mol. The Morgan fingerprint density at radius 2 is 1.91 bits per heavy atom. The van der Waals surface area contributed by atoms with Crippen molar-refractivity contribution in [1.82, 2.24) is 15.6 Å². The minimum Gasteiger partial charge on any atom is -0.489 e. The number of halogens is 2. The Bertz CT molecular complexity index is 1250. The van der Waals surface area contributed by atoms with Crippen LogP contribution in [-0.4, -0.2) is 22.3 Å². The summed E-state index contributed by atoms with van der Waals surface area (Å²) >= 11 is 9.55. The highest BCUT2D eigenvalue weighted by molar-refractivity contribution is 9.10. The number of benzene rings is 3. The Hall–Kier alpha value is -3.42. The Labute approximate surface area is 198 Å². The van der Waals surface area contributed by atoms with Gasteiger partial charge in [-0.25, -0.2) is 5.43 Å². The monoisotopic (exact) mass is 508 g/mol. The Morgan fingerprint density at radius 3 is 2.69 bits per heavy atom. The van der Waals surface area contributed by atoms with Crippen LogP contribution in [0.1, 0.15) is 21.6 Å². The molecule has 4 rings (SSSR count). The third-order valence-corrected chi connectivity index (χ3v) is 5.42. The fraction of sp³-hybridized carbons (Fsp3) is 0.0417. The second-order valence-electron chi connectivity index (χ2n) is 6.83. The molecular formula is C24H18BrClN4O2. The van der Waals surface area contributed by atoms with Gasteiger partial charge in [-0.3, -0.25) is 9.89 Å². The molecule has 3 aromatic carbocycles. The summed E-state index contributed by atoms with van der Waals surface area (Å²) in [6.45, 7) is 0.381. The van der Waals surface area contributed by atoms with Crippen LogP contribution >= 0.6 is 27.5 Å². The lowest BCUT2D eigenvalue weighted by molar-refractivity contribution is 0.0950. The zero-order chi connectivity index (χ0) is 22.3. The number of aromatic amines is 1. The number of nitrogens with one attached hydrogen (secondary N) is 2. The molecule has 0 aliphatic rings. The average molecular weight is 510 g/mol. The summed E-state index contributed by atoms with van der Waals surface area (Å²) in [4.78, 5) is 12.3. The summed E-state index contributed by atoms with van der Waals surface area (Å²) in [5.74, 6) is 0.332. The molecule has 0 radical (unpaired) electrons.